The molecule has 1 aliphatic heterocycles. The Hall–Kier alpha value is -0.470. The molecule has 0 amide bonds. The highest BCUT2D eigenvalue weighted by molar-refractivity contribution is 7.86. The Bertz CT molecular complexity index is 569. The molecule has 1 fully saturated rings. The quantitative estimate of drug-likeness (QED) is 0.831. The molecule has 120 valence electrons. The largest absolute Gasteiger partial charge is 0.378 e. The Kier molecular flexibility index (Phi) is 5.43. The van der Waals surface area contributed by atoms with Crippen molar-refractivity contribution < 1.29 is 13.2 Å². The highest BCUT2D eigenvalue weighted by atomic mass is 32.2. The molecule has 0 radical (unpaired) electrons. The van der Waals surface area contributed by atoms with E-state index in [9.17, 15) is 8.42 Å². The van der Waals surface area contributed by atoms with Gasteiger partial charge in [-0.25, -0.2) is 0 Å². The minimum atomic E-state index is -3.47. The first kappa shape index (κ1) is 16.9. The molecule has 7 heteroatoms. The fraction of sp³-hybridized carbons (Fsp3) is 0.714. The molecule has 0 unspecified atom stereocenters. The van der Waals surface area contributed by atoms with E-state index in [0.717, 1.165) is 10.4 Å². The van der Waals surface area contributed by atoms with Crippen LogP contribution in [0.5, 0.6) is 0 Å². The Morgan fingerprint density at radius 3 is 2.76 bits per heavy atom. The number of hydrogen-bond acceptors (Lipinski definition) is 4. The molecule has 1 aromatic rings. The predicted octanol–water partition coefficient (Wildman–Crippen LogP) is 2.23. The number of rotatable bonds is 5. The standard InChI is InChI=1S/C14H24N2O3S2/c1-11(2)16(9-14-12(3)5-8-20-14)21(17,18)15-6-7-19-10-13(15)4/h5,8,11,13H,6-7,9-10H2,1-4H3/t13-/m1/s1. The van der Waals surface area contributed by atoms with Gasteiger partial charge in [0, 0.05) is 30.1 Å². The number of thiophene rings is 1. The van der Waals surface area contributed by atoms with Crippen LogP contribution in [0.2, 0.25) is 0 Å². The first-order chi connectivity index (χ1) is 9.84. The maximum atomic E-state index is 13.0. The summed E-state index contributed by atoms with van der Waals surface area (Å²) in [6.45, 7) is 9.55. The van der Waals surface area contributed by atoms with E-state index in [1.807, 2.05) is 39.1 Å². The van der Waals surface area contributed by atoms with E-state index in [2.05, 4.69) is 0 Å². The van der Waals surface area contributed by atoms with Crippen molar-refractivity contribution in [1.29, 1.82) is 0 Å². The SMILES string of the molecule is Cc1ccsc1CN(C(C)C)S(=O)(=O)N1CCOC[C@H]1C. The summed E-state index contributed by atoms with van der Waals surface area (Å²) < 4.78 is 34.5. The van der Waals surface area contributed by atoms with Crippen molar-refractivity contribution in [1.82, 2.24) is 8.61 Å². The highest BCUT2D eigenvalue weighted by Crippen LogP contribution is 2.24. The molecule has 2 heterocycles. The average Bonchev–Trinajstić information content (AvgIpc) is 2.81. The third kappa shape index (κ3) is 3.65. The van der Waals surface area contributed by atoms with Gasteiger partial charge < -0.3 is 4.74 Å². The van der Waals surface area contributed by atoms with E-state index in [1.165, 1.54) is 0 Å². The lowest BCUT2D eigenvalue weighted by molar-refractivity contribution is 0.0356. The van der Waals surface area contributed by atoms with Crippen LogP contribution in [0.25, 0.3) is 0 Å². The van der Waals surface area contributed by atoms with Crippen molar-refractivity contribution in [2.24, 2.45) is 0 Å². The fourth-order valence-electron chi connectivity index (χ4n) is 2.43. The fourth-order valence-corrected chi connectivity index (χ4v) is 5.33. The van der Waals surface area contributed by atoms with Gasteiger partial charge in [-0.05, 0) is 44.7 Å². The molecule has 5 nitrogen and oxygen atoms in total. The van der Waals surface area contributed by atoms with E-state index >= 15 is 0 Å². The van der Waals surface area contributed by atoms with Crippen molar-refractivity contribution in [2.45, 2.75) is 46.3 Å². The summed E-state index contributed by atoms with van der Waals surface area (Å²) in [5.41, 5.74) is 1.15. The van der Waals surface area contributed by atoms with Crippen LogP contribution in [0, 0.1) is 6.92 Å². The maximum Gasteiger partial charge on any atom is 0.282 e. The molecule has 1 saturated heterocycles. The van der Waals surface area contributed by atoms with Crippen LogP contribution >= 0.6 is 11.3 Å². The number of hydrogen-bond donors (Lipinski definition) is 0. The lowest BCUT2D eigenvalue weighted by Crippen LogP contribution is -2.54. The average molecular weight is 332 g/mol. The first-order valence-corrected chi connectivity index (χ1v) is 9.51. The van der Waals surface area contributed by atoms with Crippen LogP contribution in [0.15, 0.2) is 11.4 Å². The maximum absolute atomic E-state index is 13.0. The summed E-state index contributed by atoms with van der Waals surface area (Å²) in [6, 6.07) is 1.84. The molecule has 21 heavy (non-hydrogen) atoms. The Morgan fingerprint density at radius 2 is 2.24 bits per heavy atom. The van der Waals surface area contributed by atoms with Crippen molar-refractivity contribution in [3.63, 3.8) is 0 Å². The lowest BCUT2D eigenvalue weighted by atomic mass is 10.3. The number of nitrogens with zero attached hydrogens (tertiary/aromatic N) is 2. The third-order valence-corrected chi connectivity index (χ3v) is 7.03. The van der Waals surface area contributed by atoms with E-state index < -0.39 is 10.2 Å². The first-order valence-electron chi connectivity index (χ1n) is 7.23. The highest BCUT2D eigenvalue weighted by Gasteiger charge is 2.36. The van der Waals surface area contributed by atoms with Gasteiger partial charge in [0.1, 0.15) is 0 Å². The molecule has 0 bridgehead atoms. The molecule has 0 aliphatic carbocycles. The zero-order valence-electron chi connectivity index (χ0n) is 13.1. The van der Waals surface area contributed by atoms with Crippen molar-refractivity contribution in [3.05, 3.63) is 21.9 Å². The van der Waals surface area contributed by atoms with E-state index in [1.54, 1.807) is 19.9 Å². The monoisotopic (exact) mass is 332 g/mol. The van der Waals surface area contributed by atoms with Crippen molar-refractivity contribution >= 4 is 21.5 Å². The smallest absolute Gasteiger partial charge is 0.282 e. The third-order valence-electron chi connectivity index (χ3n) is 3.74. The summed E-state index contributed by atoms with van der Waals surface area (Å²) in [7, 11) is -3.47. The lowest BCUT2D eigenvalue weighted by Gasteiger charge is -2.37. The van der Waals surface area contributed by atoms with Crippen molar-refractivity contribution in [2.75, 3.05) is 19.8 Å². The number of morpholine rings is 1. The molecular weight excluding hydrogens is 308 g/mol. The summed E-state index contributed by atoms with van der Waals surface area (Å²) in [5.74, 6) is 0. The molecule has 0 spiro atoms. The number of ether oxygens (including phenoxy) is 1. The Labute approximate surface area is 131 Å². The summed E-state index contributed by atoms with van der Waals surface area (Å²) >= 11 is 1.61. The van der Waals surface area contributed by atoms with E-state index in [0.29, 0.717) is 26.3 Å². The van der Waals surface area contributed by atoms with Gasteiger partial charge in [-0.2, -0.15) is 17.0 Å². The van der Waals surface area contributed by atoms with Gasteiger partial charge in [0.25, 0.3) is 10.2 Å². The van der Waals surface area contributed by atoms with Crippen LogP contribution in [0.3, 0.4) is 0 Å². The van der Waals surface area contributed by atoms with E-state index in [4.69, 9.17) is 4.74 Å². The van der Waals surface area contributed by atoms with Crippen molar-refractivity contribution in [3.8, 4) is 0 Å². The molecule has 1 aliphatic rings. The molecule has 0 N–H and O–H groups in total. The minimum absolute atomic E-state index is 0.0773. The Morgan fingerprint density at radius 1 is 1.52 bits per heavy atom. The molecule has 0 aromatic carbocycles. The van der Waals surface area contributed by atoms with Gasteiger partial charge in [-0.15, -0.1) is 11.3 Å². The summed E-state index contributed by atoms with van der Waals surface area (Å²) in [5, 5.41) is 2.01. The molecule has 1 atom stereocenters. The van der Waals surface area contributed by atoms with Crippen LogP contribution in [0.4, 0.5) is 0 Å². The predicted molar refractivity (Wildman–Crippen MR) is 85.6 cm³/mol. The van der Waals surface area contributed by atoms with Gasteiger partial charge >= 0.3 is 0 Å². The zero-order valence-corrected chi connectivity index (χ0v) is 14.7. The van der Waals surface area contributed by atoms with Gasteiger partial charge in [0.2, 0.25) is 0 Å². The number of aryl methyl sites for hydroxylation is 1. The van der Waals surface area contributed by atoms with Crippen LogP contribution < -0.4 is 0 Å². The zero-order chi connectivity index (χ0) is 15.6. The van der Waals surface area contributed by atoms with Gasteiger partial charge in [0.05, 0.1) is 13.2 Å². The molecular formula is C14H24N2O3S2. The van der Waals surface area contributed by atoms with Gasteiger partial charge in [0.15, 0.2) is 0 Å². The molecule has 0 saturated carbocycles. The van der Waals surface area contributed by atoms with Crippen LogP contribution in [-0.4, -0.2) is 48.9 Å². The van der Waals surface area contributed by atoms with Crippen LogP contribution in [-0.2, 0) is 21.5 Å². The van der Waals surface area contributed by atoms with E-state index in [-0.39, 0.29) is 12.1 Å². The molecule has 2 rings (SSSR count). The van der Waals surface area contributed by atoms with Gasteiger partial charge in [-0.3, -0.25) is 0 Å². The summed E-state index contributed by atoms with van der Waals surface area (Å²) in [6.07, 6.45) is 0. The van der Waals surface area contributed by atoms with Gasteiger partial charge in [-0.1, -0.05) is 0 Å². The normalized spacial score (nSPS) is 21.3. The topological polar surface area (TPSA) is 49.9 Å². The van der Waals surface area contributed by atoms with Crippen LogP contribution in [0.1, 0.15) is 31.2 Å². The summed E-state index contributed by atoms with van der Waals surface area (Å²) in [4.78, 5) is 1.10. The Balaban J connectivity index is 2.26. The minimum Gasteiger partial charge on any atom is -0.378 e. The molecule has 1 aromatic heterocycles. The second-order valence-electron chi connectivity index (χ2n) is 5.71. The second kappa shape index (κ2) is 6.75. The second-order valence-corrected chi connectivity index (χ2v) is 8.54.